The van der Waals surface area contributed by atoms with Crippen LogP contribution in [0.3, 0.4) is 0 Å². The van der Waals surface area contributed by atoms with E-state index in [-0.39, 0.29) is 12.6 Å². The van der Waals surface area contributed by atoms with E-state index >= 15 is 0 Å². The summed E-state index contributed by atoms with van der Waals surface area (Å²) in [5.41, 5.74) is 0. The summed E-state index contributed by atoms with van der Waals surface area (Å²) >= 11 is 0. The van der Waals surface area contributed by atoms with Crippen molar-refractivity contribution < 1.29 is 18.0 Å². The Morgan fingerprint density at radius 1 is 1.30 bits per heavy atom. The second-order valence-electron chi connectivity index (χ2n) is 6.04. The van der Waals surface area contributed by atoms with E-state index in [0.717, 1.165) is 24.2 Å². The standard InChI is InChI=1S/C14H25F3N2O/c1-10(2)11-6-4-5-7-12(11)18-8-13(20)19(3)9-14(15,16)17/h10-12,18H,4-9H2,1-3H3/t11-,12-/m1/s1. The zero-order valence-electron chi connectivity index (χ0n) is 12.5. The lowest BCUT2D eigenvalue weighted by atomic mass is 9.78. The van der Waals surface area contributed by atoms with E-state index in [2.05, 4.69) is 19.2 Å². The average molecular weight is 294 g/mol. The van der Waals surface area contributed by atoms with Gasteiger partial charge in [-0.3, -0.25) is 4.79 Å². The van der Waals surface area contributed by atoms with Crippen LogP contribution in [0.25, 0.3) is 0 Å². The largest absolute Gasteiger partial charge is 0.406 e. The highest BCUT2D eigenvalue weighted by molar-refractivity contribution is 5.78. The van der Waals surface area contributed by atoms with Crippen molar-refractivity contribution in [3.8, 4) is 0 Å². The summed E-state index contributed by atoms with van der Waals surface area (Å²) in [5, 5.41) is 3.16. The maximum Gasteiger partial charge on any atom is 0.406 e. The number of nitrogens with one attached hydrogen (secondary N) is 1. The first-order chi connectivity index (χ1) is 9.20. The van der Waals surface area contributed by atoms with Gasteiger partial charge in [0.15, 0.2) is 0 Å². The van der Waals surface area contributed by atoms with Gasteiger partial charge in [-0.2, -0.15) is 13.2 Å². The van der Waals surface area contributed by atoms with E-state index in [1.165, 1.54) is 13.5 Å². The Kier molecular flexibility index (Phi) is 6.30. The number of halogens is 3. The second-order valence-corrected chi connectivity index (χ2v) is 6.04. The molecule has 0 saturated heterocycles. The molecule has 0 bridgehead atoms. The van der Waals surface area contributed by atoms with Gasteiger partial charge in [-0.05, 0) is 24.7 Å². The van der Waals surface area contributed by atoms with Crippen LogP contribution in [0.2, 0.25) is 0 Å². The Balaban J connectivity index is 2.42. The quantitative estimate of drug-likeness (QED) is 0.845. The van der Waals surface area contributed by atoms with Gasteiger partial charge in [0.05, 0.1) is 6.54 Å². The zero-order valence-corrected chi connectivity index (χ0v) is 12.5. The minimum absolute atomic E-state index is 0.0134. The summed E-state index contributed by atoms with van der Waals surface area (Å²) in [6.45, 7) is 3.11. The maximum absolute atomic E-state index is 12.2. The Labute approximate surface area is 118 Å². The van der Waals surface area contributed by atoms with Crippen molar-refractivity contribution in [2.75, 3.05) is 20.1 Å². The highest BCUT2D eigenvalue weighted by atomic mass is 19.4. The molecule has 1 fully saturated rings. The zero-order chi connectivity index (χ0) is 15.3. The van der Waals surface area contributed by atoms with E-state index < -0.39 is 18.6 Å². The number of nitrogens with zero attached hydrogens (tertiary/aromatic N) is 1. The van der Waals surface area contributed by atoms with Crippen molar-refractivity contribution in [1.29, 1.82) is 0 Å². The molecule has 2 atom stereocenters. The molecule has 1 N–H and O–H groups in total. The molecule has 1 saturated carbocycles. The van der Waals surface area contributed by atoms with Crippen LogP contribution in [0.5, 0.6) is 0 Å². The summed E-state index contributed by atoms with van der Waals surface area (Å²) < 4.78 is 36.6. The first-order valence-electron chi connectivity index (χ1n) is 7.25. The number of hydrogen-bond donors (Lipinski definition) is 1. The van der Waals surface area contributed by atoms with Gasteiger partial charge < -0.3 is 10.2 Å². The molecule has 0 aromatic heterocycles. The van der Waals surface area contributed by atoms with Crippen molar-refractivity contribution in [3.63, 3.8) is 0 Å². The second kappa shape index (κ2) is 7.29. The number of alkyl halides is 3. The third-order valence-electron chi connectivity index (χ3n) is 4.03. The van der Waals surface area contributed by atoms with Crippen LogP contribution in [0.1, 0.15) is 39.5 Å². The summed E-state index contributed by atoms with van der Waals surface area (Å²) in [4.78, 5) is 12.4. The van der Waals surface area contributed by atoms with E-state index in [1.807, 2.05) is 0 Å². The molecule has 0 aliphatic heterocycles. The monoisotopic (exact) mass is 294 g/mol. The van der Waals surface area contributed by atoms with Gasteiger partial charge in [0, 0.05) is 13.1 Å². The molecule has 0 aromatic carbocycles. The highest BCUT2D eigenvalue weighted by Gasteiger charge is 2.32. The van der Waals surface area contributed by atoms with Gasteiger partial charge in [-0.15, -0.1) is 0 Å². The lowest BCUT2D eigenvalue weighted by Gasteiger charge is -2.35. The van der Waals surface area contributed by atoms with Gasteiger partial charge in [-0.1, -0.05) is 26.7 Å². The van der Waals surface area contributed by atoms with Crippen LogP contribution in [0.4, 0.5) is 13.2 Å². The molecule has 0 spiro atoms. The molecule has 0 aromatic rings. The van der Waals surface area contributed by atoms with Crippen molar-refractivity contribution in [2.45, 2.75) is 51.7 Å². The highest BCUT2D eigenvalue weighted by Crippen LogP contribution is 2.30. The van der Waals surface area contributed by atoms with Crippen molar-refractivity contribution in [1.82, 2.24) is 10.2 Å². The van der Waals surface area contributed by atoms with Crippen LogP contribution in [0.15, 0.2) is 0 Å². The van der Waals surface area contributed by atoms with Crippen LogP contribution in [0, 0.1) is 11.8 Å². The van der Waals surface area contributed by atoms with Crippen molar-refractivity contribution >= 4 is 5.91 Å². The minimum atomic E-state index is -4.34. The van der Waals surface area contributed by atoms with Gasteiger partial charge >= 0.3 is 6.18 Å². The predicted molar refractivity (Wildman–Crippen MR) is 72.3 cm³/mol. The average Bonchev–Trinajstić information content (AvgIpc) is 2.34. The van der Waals surface area contributed by atoms with Crippen LogP contribution in [-0.4, -0.2) is 43.2 Å². The van der Waals surface area contributed by atoms with Crippen molar-refractivity contribution in [2.24, 2.45) is 11.8 Å². The Morgan fingerprint density at radius 3 is 2.45 bits per heavy atom. The molecule has 3 nitrogen and oxygen atoms in total. The lowest BCUT2D eigenvalue weighted by molar-refractivity contribution is -0.157. The third-order valence-corrected chi connectivity index (χ3v) is 4.03. The Hall–Kier alpha value is -0.780. The molecule has 20 heavy (non-hydrogen) atoms. The normalized spacial score (nSPS) is 23.9. The first-order valence-corrected chi connectivity index (χ1v) is 7.25. The Morgan fingerprint density at radius 2 is 1.90 bits per heavy atom. The number of likely N-dealkylation sites (N-methyl/N-ethyl adjacent to an activating group) is 1. The van der Waals surface area contributed by atoms with Crippen LogP contribution >= 0.6 is 0 Å². The van der Waals surface area contributed by atoms with E-state index in [0.29, 0.717) is 11.8 Å². The fraction of sp³-hybridized carbons (Fsp3) is 0.929. The van der Waals surface area contributed by atoms with Gasteiger partial charge in [-0.25, -0.2) is 0 Å². The molecular weight excluding hydrogens is 269 g/mol. The number of rotatable bonds is 5. The first kappa shape index (κ1) is 17.3. The molecule has 1 amide bonds. The van der Waals surface area contributed by atoms with E-state index in [4.69, 9.17) is 0 Å². The fourth-order valence-corrected chi connectivity index (χ4v) is 2.92. The van der Waals surface area contributed by atoms with Crippen molar-refractivity contribution in [3.05, 3.63) is 0 Å². The molecule has 0 heterocycles. The molecule has 1 aliphatic rings. The van der Waals surface area contributed by atoms with Gasteiger partial charge in [0.25, 0.3) is 0 Å². The van der Waals surface area contributed by atoms with Gasteiger partial charge in [0.2, 0.25) is 5.91 Å². The van der Waals surface area contributed by atoms with E-state index in [9.17, 15) is 18.0 Å². The summed E-state index contributed by atoms with van der Waals surface area (Å²) in [5.74, 6) is 0.524. The molecule has 118 valence electrons. The molecule has 6 heteroatoms. The van der Waals surface area contributed by atoms with E-state index in [1.54, 1.807) is 0 Å². The predicted octanol–water partition coefficient (Wildman–Crippen LogP) is 2.81. The smallest absolute Gasteiger partial charge is 0.336 e. The van der Waals surface area contributed by atoms with Crippen LogP contribution in [-0.2, 0) is 4.79 Å². The number of carbonyl (C=O) groups excluding carboxylic acids is 1. The Bertz CT molecular complexity index is 318. The molecule has 0 unspecified atom stereocenters. The fourth-order valence-electron chi connectivity index (χ4n) is 2.92. The summed E-state index contributed by atoms with van der Waals surface area (Å²) in [6.07, 6.45) is 0.104. The summed E-state index contributed by atoms with van der Waals surface area (Å²) in [6, 6.07) is 0.243. The molecular formula is C14H25F3N2O. The number of carbonyl (C=O) groups is 1. The lowest BCUT2D eigenvalue weighted by Crippen LogP contribution is -2.47. The molecule has 1 aliphatic carbocycles. The summed E-state index contributed by atoms with van der Waals surface area (Å²) in [7, 11) is 1.19. The third kappa shape index (κ3) is 5.69. The topological polar surface area (TPSA) is 32.3 Å². The number of amides is 1. The van der Waals surface area contributed by atoms with Crippen LogP contribution < -0.4 is 5.32 Å². The minimum Gasteiger partial charge on any atom is -0.336 e. The molecule has 0 radical (unpaired) electrons. The SMILES string of the molecule is CC(C)[C@H]1CCCC[C@H]1NCC(=O)N(C)CC(F)(F)F. The molecule has 1 rings (SSSR count). The maximum atomic E-state index is 12.2. The number of hydrogen-bond acceptors (Lipinski definition) is 2. The van der Waals surface area contributed by atoms with Gasteiger partial charge in [0.1, 0.15) is 6.54 Å².